The van der Waals surface area contributed by atoms with Crippen LogP contribution in [0.5, 0.6) is 0 Å². The van der Waals surface area contributed by atoms with Gasteiger partial charge in [0.25, 0.3) is 0 Å². The number of aliphatic imine (C=N–C) groups is 1. The van der Waals surface area contributed by atoms with Crippen LogP contribution in [-0.4, -0.2) is 55.8 Å². The summed E-state index contributed by atoms with van der Waals surface area (Å²) in [7, 11) is 1.45. The van der Waals surface area contributed by atoms with Gasteiger partial charge in [-0.2, -0.15) is 0 Å². The molecule has 7 heteroatoms. The molecule has 0 aromatic heterocycles. The Kier molecular flexibility index (Phi) is 8.76. The molecule has 2 aliphatic carbocycles. The lowest BCUT2D eigenvalue weighted by Crippen LogP contribution is -2.50. The molecule has 1 heterocycles. The van der Waals surface area contributed by atoms with Gasteiger partial charge < -0.3 is 20.3 Å². The van der Waals surface area contributed by atoms with Gasteiger partial charge in [-0.05, 0) is 38.0 Å². The maximum Gasteiger partial charge on any atom is 0.409 e. The van der Waals surface area contributed by atoms with Crippen LogP contribution in [0, 0.1) is 11.8 Å². The molecule has 2 saturated carbocycles. The van der Waals surface area contributed by atoms with Gasteiger partial charge in [-0.1, -0.05) is 32.1 Å². The largest absolute Gasteiger partial charge is 0.453 e. The van der Waals surface area contributed by atoms with E-state index in [0.717, 1.165) is 50.3 Å². The van der Waals surface area contributed by atoms with E-state index < -0.39 is 0 Å². The molecule has 3 fully saturated rings. The number of amides is 1. The summed E-state index contributed by atoms with van der Waals surface area (Å²) in [5.74, 6) is 2.74. The molecule has 6 nitrogen and oxygen atoms in total. The SMILES string of the molecule is CCN=C(NC1CCN(C(=O)OC)CC1)NC1CC1C1CCCCC1.I. The number of hydrogen-bond donors (Lipinski definition) is 2. The second-order valence-electron chi connectivity index (χ2n) is 7.75. The van der Waals surface area contributed by atoms with Gasteiger partial charge in [0.05, 0.1) is 7.11 Å². The monoisotopic (exact) mass is 478 g/mol. The van der Waals surface area contributed by atoms with Crippen molar-refractivity contribution in [3.05, 3.63) is 0 Å². The first-order chi connectivity index (χ1) is 12.2. The molecular weight excluding hydrogens is 443 g/mol. The van der Waals surface area contributed by atoms with E-state index in [1.165, 1.54) is 45.6 Å². The van der Waals surface area contributed by atoms with E-state index in [9.17, 15) is 4.79 Å². The number of methoxy groups -OCH3 is 1. The van der Waals surface area contributed by atoms with E-state index in [0.29, 0.717) is 12.1 Å². The van der Waals surface area contributed by atoms with E-state index in [2.05, 4.69) is 22.5 Å². The lowest BCUT2D eigenvalue weighted by molar-refractivity contribution is 0.111. The summed E-state index contributed by atoms with van der Waals surface area (Å²) in [6.07, 6.45) is 10.1. The molecule has 26 heavy (non-hydrogen) atoms. The highest BCUT2D eigenvalue weighted by Crippen LogP contribution is 2.44. The van der Waals surface area contributed by atoms with Crippen molar-refractivity contribution in [2.24, 2.45) is 16.8 Å². The van der Waals surface area contributed by atoms with E-state index in [4.69, 9.17) is 4.74 Å². The highest BCUT2D eigenvalue weighted by Gasteiger charge is 2.43. The van der Waals surface area contributed by atoms with E-state index in [-0.39, 0.29) is 30.1 Å². The third-order valence-electron chi connectivity index (χ3n) is 6.00. The summed E-state index contributed by atoms with van der Waals surface area (Å²) in [6, 6.07) is 0.988. The zero-order valence-corrected chi connectivity index (χ0v) is 18.5. The molecular formula is C19H35IN4O2. The topological polar surface area (TPSA) is 66.0 Å². The first kappa shape index (κ1) is 21.6. The Morgan fingerprint density at radius 2 is 1.81 bits per heavy atom. The molecule has 1 aliphatic heterocycles. The van der Waals surface area contributed by atoms with Crippen LogP contribution in [0.4, 0.5) is 4.79 Å². The van der Waals surface area contributed by atoms with Crippen molar-refractivity contribution >= 4 is 36.0 Å². The van der Waals surface area contributed by atoms with Crippen molar-refractivity contribution in [2.45, 2.75) is 70.4 Å². The maximum atomic E-state index is 11.6. The fourth-order valence-corrected chi connectivity index (χ4v) is 4.46. The van der Waals surface area contributed by atoms with Gasteiger partial charge in [0.1, 0.15) is 0 Å². The molecule has 3 aliphatic rings. The van der Waals surface area contributed by atoms with Crippen molar-refractivity contribution < 1.29 is 9.53 Å². The predicted octanol–water partition coefficient (Wildman–Crippen LogP) is 3.36. The summed E-state index contributed by atoms with van der Waals surface area (Å²) in [5.41, 5.74) is 0. The second-order valence-corrected chi connectivity index (χ2v) is 7.75. The number of ether oxygens (including phenoxy) is 1. The van der Waals surface area contributed by atoms with Crippen molar-refractivity contribution in [2.75, 3.05) is 26.7 Å². The summed E-state index contributed by atoms with van der Waals surface area (Å²) in [5, 5.41) is 7.25. The molecule has 0 aromatic carbocycles. The molecule has 150 valence electrons. The third-order valence-corrected chi connectivity index (χ3v) is 6.00. The average Bonchev–Trinajstić information content (AvgIpc) is 3.42. The van der Waals surface area contributed by atoms with Crippen LogP contribution < -0.4 is 10.6 Å². The first-order valence-electron chi connectivity index (χ1n) is 10.1. The van der Waals surface area contributed by atoms with Crippen LogP contribution in [0.25, 0.3) is 0 Å². The van der Waals surface area contributed by atoms with Crippen molar-refractivity contribution in [3.8, 4) is 0 Å². The van der Waals surface area contributed by atoms with Gasteiger partial charge in [-0.15, -0.1) is 24.0 Å². The molecule has 3 rings (SSSR count). The predicted molar refractivity (Wildman–Crippen MR) is 115 cm³/mol. The average molecular weight is 478 g/mol. The standard InChI is InChI=1S/C19H34N4O2.HI/c1-3-20-18(21-15-9-11-23(12-10-15)19(24)25-2)22-17-13-16(17)14-7-5-4-6-8-14;/h14-17H,3-13H2,1-2H3,(H2,20,21,22);1H. The number of nitrogens with zero attached hydrogens (tertiary/aromatic N) is 2. The Labute approximate surface area is 174 Å². The minimum atomic E-state index is -0.215. The maximum absolute atomic E-state index is 11.6. The molecule has 2 atom stereocenters. The molecule has 0 spiro atoms. The Hall–Kier alpha value is -0.730. The minimum Gasteiger partial charge on any atom is -0.453 e. The quantitative estimate of drug-likeness (QED) is 0.370. The zero-order valence-electron chi connectivity index (χ0n) is 16.2. The molecule has 0 aromatic rings. The molecule has 2 unspecified atom stereocenters. The van der Waals surface area contributed by atoms with Crippen molar-refractivity contribution in [1.29, 1.82) is 0 Å². The summed E-state index contributed by atoms with van der Waals surface area (Å²) in [4.78, 5) is 18.0. The van der Waals surface area contributed by atoms with Crippen LogP contribution in [0.3, 0.4) is 0 Å². The zero-order chi connectivity index (χ0) is 17.6. The van der Waals surface area contributed by atoms with Crippen LogP contribution in [0.2, 0.25) is 0 Å². The van der Waals surface area contributed by atoms with Crippen LogP contribution in [0.15, 0.2) is 4.99 Å². The highest BCUT2D eigenvalue weighted by molar-refractivity contribution is 14.0. The van der Waals surface area contributed by atoms with Crippen LogP contribution >= 0.6 is 24.0 Å². The number of piperidine rings is 1. The first-order valence-corrected chi connectivity index (χ1v) is 10.1. The van der Waals surface area contributed by atoms with Gasteiger partial charge in [0, 0.05) is 31.7 Å². The van der Waals surface area contributed by atoms with Gasteiger partial charge >= 0.3 is 6.09 Å². The van der Waals surface area contributed by atoms with Gasteiger partial charge in [0.2, 0.25) is 0 Å². The third kappa shape index (κ3) is 5.89. The number of likely N-dealkylation sites (tertiary alicyclic amines) is 1. The lowest BCUT2D eigenvalue weighted by Gasteiger charge is -2.32. The summed E-state index contributed by atoms with van der Waals surface area (Å²) in [6.45, 7) is 4.36. The Morgan fingerprint density at radius 1 is 1.12 bits per heavy atom. The van der Waals surface area contributed by atoms with E-state index >= 15 is 0 Å². The van der Waals surface area contributed by atoms with E-state index in [1.54, 1.807) is 4.90 Å². The number of nitrogens with one attached hydrogen (secondary N) is 2. The summed E-state index contributed by atoms with van der Waals surface area (Å²) < 4.78 is 4.81. The molecule has 0 radical (unpaired) electrons. The minimum absolute atomic E-state index is 0. The highest BCUT2D eigenvalue weighted by atomic mass is 127. The number of halogens is 1. The molecule has 1 saturated heterocycles. The number of carbonyl (C=O) groups excluding carboxylic acids is 1. The van der Waals surface area contributed by atoms with Crippen molar-refractivity contribution in [1.82, 2.24) is 15.5 Å². The molecule has 1 amide bonds. The van der Waals surface area contributed by atoms with E-state index in [1.807, 2.05) is 0 Å². The molecule has 2 N–H and O–H groups in total. The Bertz CT molecular complexity index is 474. The van der Waals surface area contributed by atoms with Crippen LogP contribution in [-0.2, 0) is 4.74 Å². The lowest BCUT2D eigenvalue weighted by atomic mass is 9.85. The van der Waals surface area contributed by atoms with Gasteiger partial charge in [-0.3, -0.25) is 4.99 Å². The summed E-state index contributed by atoms with van der Waals surface area (Å²) >= 11 is 0. The number of hydrogen-bond acceptors (Lipinski definition) is 3. The Balaban J connectivity index is 0.00000243. The van der Waals surface area contributed by atoms with Gasteiger partial charge in [-0.25, -0.2) is 4.79 Å². The number of rotatable bonds is 4. The fraction of sp³-hybridized carbons (Fsp3) is 0.895. The van der Waals surface area contributed by atoms with Crippen molar-refractivity contribution in [3.63, 3.8) is 0 Å². The van der Waals surface area contributed by atoms with Gasteiger partial charge in [0.15, 0.2) is 5.96 Å². The normalized spacial score (nSPS) is 27.5. The smallest absolute Gasteiger partial charge is 0.409 e. The Morgan fingerprint density at radius 3 is 2.42 bits per heavy atom. The molecule has 0 bridgehead atoms. The second kappa shape index (κ2) is 10.6. The number of carbonyl (C=O) groups is 1. The van der Waals surface area contributed by atoms with Crippen LogP contribution in [0.1, 0.15) is 58.3 Å². The fourth-order valence-electron chi connectivity index (χ4n) is 4.46. The number of guanidine groups is 1.